The Kier molecular flexibility index (Phi) is 6.29. The number of anilines is 2. The highest BCUT2D eigenvalue weighted by molar-refractivity contribution is 5.63. The van der Waals surface area contributed by atoms with E-state index in [0.29, 0.717) is 12.0 Å². The molecule has 23 heavy (non-hydrogen) atoms. The van der Waals surface area contributed by atoms with Gasteiger partial charge in [-0.15, -0.1) is 0 Å². The van der Waals surface area contributed by atoms with Crippen LogP contribution in [0.2, 0.25) is 0 Å². The Labute approximate surface area is 138 Å². The van der Waals surface area contributed by atoms with Gasteiger partial charge in [0.15, 0.2) is 0 Å². The first-order chi connectivity index (χ1) is 11.0. The molecule has 0 atom stereocenters. The number of hydrogen-bond donors (Lipinski definition) is 2. The molecule has 0 bridgehead atoms. The highest BCUT2D eigenvalue weighted by Gasteiger charge is 2.07. The highest BCUT2D eigenvalue weighted by Crippen LogP contribution is 2.21. The summed E-state index contributed by atoms with van der Waals surface area (Å²) >= 11 is 0. The number of nitrogens with one attached hydrogen (secondary N) is 2. The second-order valence-electron chi connectivity index (χ2n) is 6.08. The monoisotopic (exact) mass is 314 g/mol. The smallest absolute Gasteiger partial charge is 0.225 e. The molecule has 0 aliphatic rings. The molecule has 0 spiro atoms. The van der Waals surface area contributed by atoms with E-state index in [1.54, 1.807) is 12.4 Å². The van der Waals surface area contributed by atoms with Crippen LogP contribution < -0.4 is 10.6 Å². The SMILES string of the molecule is CC(C)Nc1cc(-c2ccncc2)nc(NCCCN(C)C)n1. The average molecular weight is 314 g/mol. The fourth-order valence-electron chi connectivity index (χ4n) is 2.16. The van der Waals surface area contributed by atoms with E-state index in [1.165, 1.54) is 0 Å². The third kappa shape index (κ3) is 5.83. The minimum absolute atomic E-state index is 0.316. The van der Waals surface area contributed by atoms with Gasteiger partial charge in [0.05, 0.1) is 5.69 Å². The van der Waals surface area contributed by atoms with Crippen LogP contribution in [0.4, 0.5) is 11.8 Å². The first-order valence-corrected chi connectivity index (χ1v) is 7.99. The molecule has 0 unspecified atom stereocenters. The second-order valence-corrected chi connectivity index (χ2v) is 6.08. The predicted molar refractivity (Wildman–Crippen MR) is 95.7 cm³/mol. The lowest BCUT2D eigenvalue weighted by molar-refractivity contribution is 0.405. The summed E-state index contributed by atoms with van der Waals surface area (Å²) in [6.45, 7) is 6.07. The summed E-state index contributed by atoms with van der Waals surface area (Å²) in [5.41, 5.74) is 1.92. The first kappa shape index (κ1) is 17.1. The standard InChI is InChI=1S/C17H26N6/c1-13(2)20-16-12-15(14-6-9-18-10-7-14)21-17(22-16)19-8-5-11-23(3)4/h6-7,9-10,12-13H,5,8,11H2,1-4H3,(H2,19,20,21,22). The summed E-state index contributed by atoms with van der Waals surface area (Å²) in [4.78, 5) is 15.4. The minimum atomic E-state index is 0.316. The van der Waals surface area contributed by atoms with Crippen LogP contribution in [-0.2, 0) is 0 Å². The molecule has 2 N–H and O–H groups in total. The second kappa shape index (κ2) is 8.43. The Morgan fingerprint density at radius 2 is 1.87 bits per heavy atom. The van der Waals surface area contributed by atoms with Crippen molar-refractivity contribution in [3.05, 3.63) is 30.6 Å². The highest BCUT2D eigenvalue weighted by atomic mass is 15.1. The Hall–Kier alpha value is -2.21. The topological polar surface area (TPSA) is 66.0 Å². The number of nitrogens with zero attached hydrogens (tertiary/aromatic N) is 4. The van der Waals surface area contributed by atoms with Crippen molar-refractivity contribution in [1.82, 2.24) is 19.9 Å². The molecule has 0 aromatic carbocycles. The summed E-state index contributed by atoms with van der Waals surface area (Å²) in [6, 6.07) is 6.20. The maximum absolute atomic E-state index is 4.62. The Morgan fingerprint density at radius 1 is 1.13 bits per heavy atom. The van der Waals surface area contributed by atoms with Gasteiger partial charge >= 0.3 is 0 Å². The van der Waals surface area contributed by atoms with Gasteiger partial charge in [-0.2, -0.15) is 4.98 Å². The lowest BCUT2D eigenvalue weighted by Crippen LogP contribution is -2.17. The van der Waals surface area contributed by atoms with Crippen molar-refractivity contribution in [3.63, 3.8) is 0 Å². The van der Waals surface area contributed by atoms with Crippen LogP contribution in [0.5, 0.6) is 0 Å². The summed E-state index contributed by atoms with van der Waals surface area (Å²) in [5, 5.41) is 6.67. The predicted octanol–water partition coefficient (Wildman–Crippen LogP) is 2.72. The Morgan fingerprint density at radius 3 is 2.52 bits per heavy atom. The molecule has 6 heteroatoms. The number of pyridine rings is 1. The summed E-state index contributed by atoms with van der Waals surface area (Å²) < 4.78 is 0. The van der Waals surface area contributed by atoms with Crippen LogP contribution in [0.15, 0.2) is 30.6 Å². The zero-order valence-electron chi connectivity index (χ0n) is 14.4. The number of aromatic nitrogens is 3. The van der Waals surface area contributed by atoms with Crippen LogP contribution in [0, 0.1) is 0 Å². The molecule has 0 radical (unpaired) electrons. The number of rotatable bonds is 8. The lowest BCUT2D eigenvalue weighted by Gasteiger charge is -2.14. The summed E-state index contributed by atoms with van der Waals surface area (Å²) in [5.74, 6) is 1.48. The zero-order chi connectivity index (χ0) is 16.7. The quantitative estimate of drug-likeness (QED) is 0.730. The van der Waals surface area contributed by atoms with Gasteiger partial charge in [0.1, 0.15) is 5.82 Å². The number of hydrogen-bond acceptors (Lipinski definition) is 6. The fourth-order valence-corrected chi connectivity index (χ4v) is 2.16. The van der Waals surface area contributed by atoms with Gasteiger partial charge in [0.25, 0.3) is 0 Å². The van der Waals surface area contributed by atoms with Crippen molar-refractivity contribution < 1.29 is 0 Å². The van der Waals surface area contributed by atoms with Gasteiger partial charge in [-0.05, 0) is 53.0 Å². The molecule has 0 amide bonds. The van der Waals surface area contributed by atoms with Gasteiger partial charge in [-0.25, -0.2) is 4.98 Å². The molecule has 124 valence electrons. The van der Waals surface area contributed by atoms with E-state index in [2.05, 4.69) is 58.4 Å². The molecule has 0 aliphatic heterocycles. The van der Waals surface area contributed by atoms with E-state index in [4.69, 9.17) is 0 Å². The van der Waals surface area contributed by atoms with Crippen LogP contribution in [-0.4, -0.2) is 53.1 Å². The van der Waals surface area contributed by atoms with Crippen molar-refractivity contribution in [2.75, 3.05) is 37.8 Å². The third-order valence-corrected chi connectivity index (χ3v) is 3.20. The molecule has 2 aromatic heterocycles. The van der Waals surface area contributed by atoms with Crippen LogP contribution in [0.3, 0.4) is 0 Å². The summed E-state index contributed by atoms with van der Waals surface area (Å²) in [6.07, 6.45) is 4.59. The van der Waals surface area contributed by atoms with E-state index in [1.807, 2.05) is 18.2 Å². The lowest BCUT2D eigenvalue weighted by atomic mass is 10.2. The zero-order valence-corrected chi connectivity index (χ0v) is 14.4. The molecule has 2 aromatic rings. The molecule has 2 heterocycles. The van der Waals surface area contributed by atoms with E-state index in [-0.39, 0.29) is 0 Å². The average Bonchev–Trinajstić information content (AvgIpc) is 2.51. The maximum atomic E-state index is 4.62. The molecular formula is C17H26N6. The van der Waals surface area contributed by atoms with Crippen molar-refractivity contribution in [2.24, 2.45) is 0 Å². The van der Waals surface area contributed by atoms with Crippen LogP contribution in [0.25, 0.3) is 11.3 Å². The van der Waals surface area contributed by atoms with Gasteiger partial charge in [0.2, 0.25) is 5.95 Å². The van der Waals surface area contributed by atoms with E-state index < -0.39 is 0 Å². The van der Waals surface area contributed by atoms with Crippen molar-refractivity contribution in [3.8, 4) is 11.3 Å². The third-order valence-electron chi connectivity index (χ3n) is 3.20. The molecular weight excluding hydrogens is 288 g/mol. The molecule has 0 saturated carbocycles. The van der Waals surface area contributed by atoms with Crippen molar-refractivity contribution >= 4 is 11.8 Å². The Bertz CT molecular complexity index is 597. The maximum Gasteiger partial charge on any atom is 0.225 e. The molecule has 2 rings (SSSR count). The largest absolute Gasteiger partial charge is 0.368 e. The van der Waals surface area contributed by atoms with E-state index in [0.717, 1.165) is 36.6 Å². The van der Waals surface area contributed by atoms with Gasteiger partial charge in [0, 0.05) is 36.6 Å². The molecule has 0 aliphatic carbocycles. The van der Waals surface area contributed by atoms with Crippen LogP contribution >= 0.6 is 0 Å². The normalized spacial score (nSPS) is 11.0. The molecule has 0 fully saturated rings. The molecule has 6 nitrogen and oxygen atoms in total. The van der Waals surface area contributed by atoms with E-state index >= 15 is 0 Å². The fraction of sp³-hybridized carbons (Fsp3) is 0.471. The summed E-state index contributed by atoms with van der Waals surface area (Å²) in [7, 11) is 4.15. The van der Waals surface area contributed by atoms with Gasteiger partial charge in [-0.1, -0.05) is 0 Å². The minimum Gasteiger partial charge on any atom is -0.368 e. The van der Waals surface area contributed by atoms with Crippen molar-refractivity contribution in [2.45, 2.75) is 26.3 Å². The molecule has 0 saturated heterocycles. The van der Waals surface area contributed by atoms with Gasteiger partial charge in [-0.3, -0.25) is 4.98 Å². The van der Waals surface area contributed by atoms with Crippen molar-refractivity contribution in [1.29, 1.82) is 0 Å². The first-order valence-electron chi connectivity index (χ1n) is 7.99. The van der Waals surface area contributed by atoms with Gasteiger partial charge < -0.3 is 15.5 Å². The van der Waals surface area contributed by atoms with Crippen LogP contribution in [0.1, 0.15) is 20.3 Å². The Balaban J connectivity index is 2.16. The van der Waals surface area contributed by atoms with E-state index in [9.17, 15) is 0 Å².